The maximum atomic E-state index is 14.5. The van der Waals surface area contributed by atoms with Crippen LogP contribution >= 0.6 is 11.3 Å². The zero-order valence-electron chi connectivity index (χ0n) is 20.9. The quantitative estimate of drug-likeness (QED) is 0.328. The zero-order valence-corrected chi connectivity index (χ0v) is 21.7. The van der Waals surface area contributed by atoms with Crippen molar-refractivity contribution in [3.8, 4) is 11.5 Å². The molecule has 0 atom stereocenters. The van der Waals surface area contributed by atoms with Crippen molar-refractivity contribution >= 4 is 44.7 Å². The summed E-state index contributed by atoms with van der Waals surface area (Å²) < 4.78 is 37.9. The second kappa shape index (κ2) is 9.78. The molecule has 1 fully saturated rings. The lowest BCUT2D eigenvalue weighted by Gasteiger charge is -2.36. The molecule has 1 aliphatic heterocycles. The van der Waals surface area contributed by atoms with Gasteiger partial charge in [0.2, 0.25) is 5.95 Å². The molecule has 0 unspecified atom stereocenters. The number of carbonyl (C=O) groups excluding carboxylic acids is 1. The normalized spacial score (nSPS) is 14.5. The summed E-state index contributed by atoms with van der Waals surface area (Å²) in [6.07, 6.45) is 1.56. The summed E-state index contributed by atoms with van der Waals surface area (Å²) in [5.74, 6) is -1.48. The number of thiazole rings is 1. The third kappa shape index (κ3) is 4.40. The molecule has 14 heteroatoms. The number of nitrogens with two attached hydrogens (primary N) is 1. The van der Waals surface area contributed by atoms with Crippen LogP contribution in [0.2, 0.25) is 0 Å². The SMILES string of the molecule is CNC(=O)c1cc(N2CCN(CCn3c(=O)sc4c3nc(N)n3nc(-c5ccco5)cc43)CC2)c(F)cc1F. The molecule has 5 heterocycles. The number of hydrogen-bond acceptors (Lipinski definition) is 9. The molecule has 0 spiro atoms. The Balaban J connectivity index is 1.18. The predicted molar refractivity (Wildman–Crippen MR) is 143 cm³/mol. The van der Waals surface area contributed by atoms with Crippen molar-refractivity contribution in [2.45, 2.75) is 6.54 Å². The summed E-state index contributed by atoms with van der Waals surface area (Å²) in [7, 11) is 1.39. The van der Waals surface area contributed by atoms with Crippen LogP contribution in [0.5, 0.6) is 0 Å². The largest absolute Gasteiger partial charge is 0.463 e. The number of nitrogens with one attached hydrogen (secondary N) is 1. The van der Waals surface area contributed by atoms with Crippen LogP contribution in [0.25, 0.3) is 27.3 Å². The summed E-state index contributed by atoms with van der Waals surface area (Å²) in [6.45, 7) is 3.11. The molecule has 39 heavy (non-hydrogen) atoms. The minimum absolute atomic E-state index is 0.153. The molecule has 0 aliphatic carbocycles. The molecule has 6 rings (SSSR count). The van der Waals surface area contributed by atoms with Crippen LogP contribution in [0.1, 0.15) is 10.4 Å². The second-order valence-corrected chi connectivity index (χ2v) is 10.1. The van der Waals surface area contributed by atoms with Crippen LogP contribution in [0.15, 0.2) is 45.8 Å². The van der Waals surface area contributed by atoms with E-state index in [9.17, 15) is 18.4 Å². The Labute approximate surface area is 224 Å². The number of benzene rings is 1. The van der Waals surface area contributed by atoms with E-state index in [1.165, 1.54) is 17.6 Å². The number of hydrogen-bond donors (Lipinski definition) is 2. The number of aromatic nitrogens is 4. The molecule has 5 aromatic rings. The fraction of sp³-hybridized carbons (Fsp3) is 0.280. The highest BCUT2D eigenvalue weighted by Crippen LogP contribution is 2.29. The van der Waals surface area contributed by atoms with Gasteiger partial charge in [-0.25, -0.2) is 8.78 Å². The van der Waals surface area contributed by atoms with Gasteiger partial charge in [-0.05, 0) is 24.3 Å². The first-order valence-corrected chi connectivity index (χ1v) is 13.1. The molecule has 4 aromatic heterocycles. The van der Waals surface area contributed by atoms with E-state index in [4.69, 9.17) is 10.2 Å². The highest BCUT2D eigenvalue weighted by Gasteiger charge is 2.24. The molecule has 1 aliphatic rings. The van der Waals surface area contributed by atoms with E-state index in [1.54, 1.807) is 27.9 Å². The van der Waals surface area contributed by atoms with Crippen molar-refractivity contribution in [1.29, 1.82) is 0 Å². The van der Waals surface area contributed by atoms with Gasteiger partial charge in [-0.2, -0.15) is 14.6 Å². The van der Waals surface area contributed by atoms with Gasteiger partial charge in [0.25, 0.3) is 5.91 Å². The average molecular weight is 555 g/mol. The average Bonchev–Trinajstić information content (AvgIpc) is 3.67. The maximum absolute atomic E-state index is 14.5. The van der Waals surface area contributed by atoms with Crippen molar-refractivity contribution in [2.24, 2.45) is 0 Å². The first kappa shape index (κ1) is 25.0. The van der Waals surface area contributed by atoms with Crippen LogP contribution in [-0.4, -0.2) is 69.7 Å². The number of piperazine rings is 1. The summed E-state index contributed by atoms with van der Waals surface area (Å²) in [5, 5.41) is 6.84. The number of halogens is 2. The van der Waals surface area contributed by atoms with Crippen molar-refractivity contribution in [1.82, 2.24) is 29.4 Å². The van der Waals surface area contributed by atoms with Crippen molar-refractivity contribution < 1.29 is 18.0 Å². The minimum atomic E-state index is -0.901. The lowest BCUT2D eigenvalue weighted by molar-refractivity contribution is 0.0959. The summed E-state index contributed by atoms with van der Waals surface area (Å²) in [4.78, 5) is 33.2. The van der Waals surface area contributed by atoms with Crippen LogP contribution < -0.4 is 20.8 Å². The Morgan fingerprint density at radius 2 is 1.95 bits per heavy atom. The third-order valence-electron chi connectivity index (χ3n) is 6.88. The number of amides is 1. The first-order valence-electron chi connectivity index (χ1n) is 12.2. The fourth-order valence-electron chi connectivity index (χ4n) is 4.83. The first-order chi connectivity index (χ1) is 18.8. The molecule has 1 amide bonds. The van der Waals surface area contributed by atoms with E-state index < -0.39 is 17.5 Å². The minimum Gasteiger partial charge on any atom is -0.463 e. The van der Waals surface area contributed by atoms with Crippen molar-refractivity contribution in [3.05, 3.63) is 63.5 Å². The molecular weight excluding hydrogens is 530 g/mol. The molecule has 0 radical (unpaired) electrons. The van der Waals surface area contributed by atoms with Gasteiger partial charge in [0, 0.05) is 52.4 Å². The molecule has 1 aromatic carbocycles. The Kier molecular flexibility index (Phi) is 6.27. The van der Waals surface area contributed by atoms with E-state index in [2.05, 4.69) is 20.3 Å². The van der Waals surface area contributed by atoms with Gasteiger partial charge < -0.3 is 20.4 Å². The van der Waals surface area contributed by atoms with Crippen LogP contribution in [0.4, 0.5) is 20.4 Å². The van der Waals surface area contributed by atoms with Gasteiger partial charge in [-0.3, -0.25) is 19.1 Å². The van der Waals surface area contributed by atoms with Gasteiger partial charge in [0.1, 0.15) is 22.0 Å². The summed E-state index contributed by atoms with van der Waals surface area (Å²) in [6, 6.07) is 7.38. The fourth-order valence-corrected chi connectivity index (χ4v) is 5.79. The number of anilines is 2. The van der Waals surface area contributed by atoms with Crippen LogP contribution in [0.3, 0.4) is 0 Å². The van der Waals surface area contributed by atoms with Crippen molar-refractivity contribution in [3.63, 3.8) is 0 Å². The molecule has 1 saturated heterocycles. The molecule has 0 bridgehead atoms. The molecule has 3 N–H and O–H groups in total. The molecule has 11 nitrogen and oxygen atoms in total. The number of nitrogen functional groups attached to an aromatic ring is 1. The van der Waals surface area contributed by atoms with Gasteiger partial charge in [0.05, 0.1) is 23.0 Å². The van der Waals surface area contributed by atoms with E-state index in [-0.39, 0.29) is 22.1 Å². The lowest BCUT2D eigenvalue weighted by Crippen LogP contribution is -2.47. The Morgan fingerprint density at radius 3 is 2.67 bits per heavy atom. The van der Waals surface area contributed by atoms with E-state index in [1.807, 2.05) is 6.07 Å². The monoisotopic (exact) mass is 554 g/mol. The lowest BCUT2D eigenvalue weighted by atomic mass is 10.1. The molecule has 0 saturated carbocycles. The molecular formula is C25H24F2N8O3S. The second-order valence-electron chi connectivity index (χ2n) is 9.14. The van der Waals surface area contributed by atoms with Gasteiger partial charge in [0.15, 0.2) is 11.4 Å². The standard InChI is InChI=1S/C25H24F2N8O3S/c1-29-23(36)14-11-18(16(27)12-15(14)26)33-7-4-32(5-8-33)6-9-34-22-21(39-25(34)37)19-13-17(20-3-2-10-38-20)31-35(19)24(28)30-22/h2-3,10-13H,4-9H2,1H3,(H2,28,30)(H,29,36). The predicted octanol–water partition coefficient (Wildman–Crippen LogP) is 2.41. The van der Waals surface area contributed by atoms with Crippen LogP contribution in [-0.2, 0) is 6.54 Å². The molecule has 202 valence electrons. The zero-order chi connectivity index (χ0) is 27.3. The summed E-state index contributed by atoms with van der Waals surface area (Å²) >= 11 is 1.09. The van der Waals surface area contributed by atoms with E-state index >= 15 is 0 Å². The van der Waals surface area contributed by atoms with E-state index in [0.717, 1.165) is 17.4 Å². The number of rotatable bonds is 6. The van der Waals surface area contributed by atoms with Gasteiger partial charge in [-0.1, -0.05) is 11.3 Å². The maximum Gasteiger partial charge on any atom is 0.309 e. The highest BCUT2D eigenvalue weighted by atomic mass is 32.1. The van der Waals surface area contributed by atoms with E-state index in [0.29, 0.717) is 66.6 Å². The third-order valence-corrected chi connectivity index (χ3v) is 7.87. The number of furan rings is 1. The van der Waals surface area contributed by atoms with Gasteiger partial charge in [-0.15, -0.1) is 0 Å². The van der Waals surface area contributed by atoms with Gasteiger partial charge >= 0.3 is 4.87 Å². The number of fused-ring (bicyclic) bond motifs is 3. The van der Waals surface area contributed by atoms with Crippen molar-refractivity contribution in [2.75, 3.05) is 50.4 Å². The summed E-state index contributed by atoms with van der Waals surface area (Å²) in [5.41, 5.74) is 7.94. The smallest absolute Gasteiger partial charge is 0.309 e. The number of carbonyl (C=O) groups is 1. The topological polar surface area (TPSA) is 127 Å². The Morgan fingerprint density at radius 1 is 1.15 bits per heavy atom. The Hall–Kier alpha value is -4.30. The number of nitrogens with zero attached hydrogens (tertiary/aromatic N) is 6. The highest BCUT2D eigenvalue weighted by molar-refractivity contribution is 7.17. The Bertz CT molecular complexity index is 1750. The van der Waals surface area contributed by atoms with Crippen LogP contribution in [0, 0.1) is 11.6 Å².